The van der Waals surface area contributed by atoms with E-state index in [4.69, 9.17) is 27.0 Å². The van der Waals surface area contributed by atoms with Crippen LogP contribution in [0.2, 0.25) is 5.02 Å². The van der Waals surface area contributed by atoms with Crippen molar-refractivity contribution in [1.29, 1.82) is 0 Å². The Kier molecular flexibility index (Phi) is 4.47. The zero-order chi connectivity index (χ0) is 13.3. The van der Waals surface area contributed by atoms with Crippen LogP contribution in [0, 0.1) is 0 Å². The average Bonchev–Trinajstić information content (AvgIpc) is 2.72. The fourth-order valence-electron chi connectivity index (χ4n) is 2.01. The molecule has 0 bridgehead atoms. The summed E-state index contributed by atoms with van der Waals surface area (Å²) in [5, 5.41) is 0.246. The lowest BCUT2D eigenvalue weighted by atomic mass is 10.3. The molecule has 0 N–H and O–H groups in total. The Morgan fingerprint density at radius 3 is 2.44 bits per heavy atom. The molecule has 0 amide bonds. The molecule has 1 aromatic rings. The number of ether oxygens (including phenoxy) is 1. The number of hydrogen-bond donors (Lipinski definition) is 0. The normalized spacial score (nSPS) is 17.1. The fraction of sp³-hybridized carbons (Fsp3) is 0.455. The minimum atomic E-state index is -3.89. The molecule has 0 atom stereocenters. The van der Waals surface area contributed by atoms with Gasteiger partial charge in [0.15, 0.2) is 5.75 Å². The summed E-state index contributed by atoms with van der Waals surface area (Å²) in [5.74, 6) is 0.154. The lowest BCUT2D eigenvalue weighted by Crippen LogP contribution is -2.13. The first-order valence-electron chi connectivity index (χ1n) is 5.48. The summed E-state index contributed by atoms with van der Waals surface area (Å²) >= 11 is 9.23. The van der Waals surface area contributed by atoms with Crippen molar-refractivity contribution in [3.63, 3.8) is 0 Å². The second kappa shape index (κ2) is 5.57. The van der Waals surface area contributed by atoms with Crippen LogP contribution >= 0.6 is 38.2 Å². The second-order valence-corrected chi connectivity index (χ2v) is 8.03. The highest BCUT2D eigenvalue weighted by atomic mass is 79.9. The summed E-state index contributed by atoms with van der Waals surface area (Å²) in [6.45, 7) is 0. The van der Waals surface area contributed by atoms with E-state index in [0.29, 0.717) is 4.47 Å². The highest BCUT2D eigenvalue weighted by molar-refractivity contribution is 9.10. The van der Waals surface area contributed by atoms with E-state index in [-0.39, 0.29) is 21.8 Å². The van der Waals surface area contributed by atoms with Crippen molar-refractivity contribution < 1.29 is 13.2 Å². The Morgan fingerprint density at radius 1 is 1.28 bits per heavy atom. The fourth-order valence-corrected chi connectivity index (χ4v) is 4.06. The van der Waals surface area contributed by atoms with E-state index in [9.17, 15) is 8.42 Å². The number of hydrogen-bond acceptors (Lipinski definition) is 3. The molecule has 0 spiro atoms. The van der Waals surface area contributed by atoms with Crippen LogP contribution in [0.15, 0.2) is 21.5 Å². The van der Waals surface area contributed by atoms with Crippen LogP contribution in [0.1, 0.15) is 25.7 Å². The van der Waals surface area contributed by atoms with Crippen LogP contribution < -0.4 is 4.74 Å². The van der Waals surface area contributed by atoms with Crippen molar-refractivity contribution in [1.82, 2.24) is 0 Å². The molecule has 0 heterocycles. The third kappa shape index (κ3) is 3.32. The lowest BCUT2D eigenvalue weighted by Gasteiger charge is -2.17. The molecule has 1 aromatic carbocycles. The van der Waals surface area contributed by atoms with Gasteiger partial charge in [-0.25, -0.2) is 8.42 Å². The number of halogens is 3. The van der Waals surface area contributed by atoms with Crippen molar-refractivity contribution in [2.45, 2.75) is 36.7 Å². The van der Waals surface area contributed by atoms with Gasteiger partial charge in [-0.15, -0.1) is 0 Å². The second-order valence-electron chi connectivity index (χ2n) is 4.18. The minimum absolute atomic E-state index is 0.0147. The molecule has 100 valence electrons. The van der Waals surface area contributed by atoms with Gasteiger partial charge in [-0.05, 0) is 37.8 Å². The minimum Gasteiger partial charge on any atom is -0.487 e. The van der Waals surface area contributed by atoms with Crippen LogP contribution in [0.25, 0.3) is 0 Å². The molecular formula is C11H11BrCl2O3S. The summed E-state index contributed by atoms with van der Waals surface area (Å²) in [6, 6.07) is 3.00. The maximum Gasteiger partial charge on any atom is 0.265 e. The van der Waals surface area contributed by atoms with Crippen LogP contribution in [0.5, 0.6) is 5.75 Å². The van der Waals surface area contributed by atoms with Gasteiger partial charge in [0.1, 0.15) is 4.90 Å². The van der Waals surface area contributed by atoms with E-state index >= 15 is 0 Å². The zero-order valence-electron chi connectivity index (χ0n) is 9.33. The SMILES string of the molecule is O=S(=O)(Cl)c1cc(Br)cc(Cl)c1OC1CCCC1. The van der Waals surface area contributed by atoms with Gasteiger partial charge in [0.05, 0.1) is 11.1 Å². The van der Waals surface area contributed by atoms with Crippen molar-refractivity contribution in [3.8, 4) is 5.75 Å². The Balaban J connectivity index is 2.43. The molecule has 0 unspecified atom stereocenters. The molecule has 1 aliphatic carbocycles. The molecule has 0 aliphatic heterocycles. The molecule has 2 rings (SSSR count). The van der Waals surface area contributed by atoms with Crippen LogP contribution in [0.4, 0.5) is 0 Å². The molecule has 1 fully saturated rings. The monoisotopic (exact) mass is 372 g/mol. The molecule has 18 heavy (non-hydrogen) atoms. The van der Waals surface area contributed by atoms with E-state index in [1.54, 1.807) is 6.07 Å². The number of rotatable bonds is 3. The Bertz CT molecular complexity index is 554. The molecule has 1 saturated carbocycles. The van der Waals surface area contributed by atoms with Crippen molar-refractivity contribution in [2.75, 3.05) is 0 Å². The van der Waals surface area contributed by atoms with Gasteiger partial charge in [0, 0.05) is 15.2 Å². The van der Waals surface area contributed by atoms with Gasteiger partial charge < -0.3 is 4.74 Å². The third-order valence-corrected chi connectivity index (χ3v) is 4.89. The molecule has 0 saturated heterocycles. The van der Waals surface area contributed by atoms with Crippen molar-refractivity contribution in [2.24, 2.45) is 0 Å². The van der Waals surface area contributed by atoms with Crippen LogP contribution in [0.3, 0.4) is 0 Å². The van der Waals surface area contributed by atoms with E-state index in [1.165, 1.54) is 6.07 Å². The molecule has 1 aliphatic rings. The molecular weight excluding hydrogens is 363 g/mol. The molecule has 7 heteroatoms. The largest absolute Gasteiger partial charge is 0.487 e. The highest BCUT2D eigenvalue weighted by Gasteiger charge is 2.25. The first kappa shape index (κ1) is 14.4. The lowest BCUT2D eigenvalue weighted by molar-refractivity contribution is 0.204. The van der Waals surface area contributed by atoms with Crippen molar-refractivity contribution >= 4 is 47.3 Å². The highest BCUT2D eigenvalue weighted by Crippen LogP contribution is 2.39. The van der Waals surface area contributed by atoms with E-state index in [2.05, 4.69) is 15.9 Å². The van der Waals surface area contributed by atoms with Gasteiger partial charge in [0.2, 0.25) is 0 Å². The Morgan fingerprint density at radius 2 is 1.89 bits per heavy atom. The van der Waals surface area contributed by atoms with Crippen LogP contribution in [-0.4, -0.2) is 14.5 Å². The van der Waals surface area contributed by atoms with Gasteiger partial charge in [0.25, 0.3) is 9.05 Å². The molecule has 0 aromatic heterocycles. The predicted octanol–water partition coefficient (Wildman–Crippen LogP) is 4.35. The summed E-state index contributed by atoms with van der Waals surface area (Å²) in [5.41, 5.74) is 0. The Labute approximate surface area is 124 Å². The summed E-state index contributed by atoms with van der Waals surface area (Å²) in [6.07, 6.45) is 4.01. The first-order valence-corrected chi connectivity index (χ1v) is 8.96. The maximum absolute atomic E-state index is 11.5. The van der Waals surface area contributed by atoms with Crippen molar-refractivity contribution in [3.05, 3.63) is 21.6 Å². The standard InChI is InChI=1S/C11H11BrCl2O3S/c12-7-5-9(13)11(10(6-7)18(14,15)16)17-8-3-1-2-4-8/h5-6,8H,1-4H2. The summed E-state index contributed by atoms with van der Waals surface area (Å²) in [7, 11) is 1.52. The van der Waals surface area contributed by atoms with Crippen LogP contribution in [-0.2, 0) is 9.05 Å². The number of benzene rings is 1. The third-order valence-electron chi connectivity index (χ3n) is 2.82. The van der Waals surface area contributed by atoms with Gasteiger partial charge in [-0.3, -0.25) is 0 Å². The van der Waals surface area contributed by atoms with Gasteiger partial charge in [-0.1, -0.05) is 27.5 Å². The topological polar surface area (TPSA) is 43.4 Å². The average molecular weight is 374 g/mol. The predicted molar refractivity (Wildman–Crippen MR) is 75.1 cm³/mol. The summed E-state index contributed by atoms with van der Waals surface area (Å²) in [4.78, 5) is -0.0876. The molecule has 3 nitrogen and oxygen atoms in total. The smallest absolute Gasteiger partial charge is 0.265 e. The van der Waals surface area contributed by atoms with E-state index in [1.807, 2.05) is 0 Å². The first-order chi connectivity index (χ1) is 8.38. The Hall–Kier alpha value is 0.0300. The van der Waals surface area contributed by atoms with E-state index in [0.717, 1.165) is 25.7 Å². The van der Waals surface area contributed by atoms with Gasteiger partial charge in [-0.2, -0.15) is 0 Å². The van der Waals surface area contributed by atoms with E-state index < -0.39 is 9.05 Å². The summed E-state index contributed by atoms with van der Waals surface area (Å²) < 4.78 is 29.3. The van der Waals surface area contributed by atoms with Gasteiger partial charge >= 0.3 is 0 Å². The maximum atomic E-state index is 11.5. The molecule has 0 radical (unpaired) electrons. The quantitative estimate of drug-likeness (QED) is 0.739. The zero-order valence-corrected chi connectivity index (χ0v) is 13.2.